The van der Waals surface area contributed by atoms with Crippen LogP contribution in [0.5, 0.6) is 0 Å². The molecular weight excluding hydrogens is 212 g/mol. The number of fused-ring (bicyclic) bond motifs is 1. The van der Waals surface area contributed by atoms with Crippen LogP contribution in [0.1, 0.15) is 19.0 Å². The highest BCUT2D eigenvalue weighted by atomic mass is 15.0. The van der Waals surface area contributed by atoms with E-state index in [1.54, 1.807) is 0 Å². The van der Waals surface area contributed by atoms with Crippen molar-refractivity contribution in [3.63, 3.8) is 0 Å². The standard InChI is InChI=1S/C13H18N4/c1-9(14)7-8-15-13-10(2)16-11-5-3-4-6-12(11)17-13/h3-6,9H,7-8,14H2,1-2H3,(H,15,17). The largest absolute Gasteiger partial charge is 0.368 e. The molecule has 90 valence electrons. The van der Waals surface area contributed by atoms with Gasteiger partial charge in [-0.15, -0.1) is 0 Å². The molecule has 17 heavy (non-hydrogen) atoms. The van der Waals surface area contributed by atoms with Gasteiger partial charge in [-0.05, 0) is 32.4 Å². The summed E-state index contributed by atoms with van der Waals surface area (Å²) >= 11 is 0. The molecule has 0 fully saturated rings. The minimum atomic E-state index is 0.205. The Morgan fingerprint density at radius 1 is 1.24 bits per heavy atom. The highest BCUT2D eigenvalue weighted by Crippen LogP contribution is 2.15. The van der Waals surface area contributed by atoms with Crippen LogP contribution in [-0.4, -0.2) is 22.6 Å². The van der Waals surface area contributed by atoms with Gasteiger partial charge < -0.3 is 11.1 Å². The maximum atomic E-state index is 5.71. The topological polar surface area (TPSA) is 63.8 Å². The fourth-order valence-corrected chi connectivity index (χ4v) is 1.67. The second-order valence-corrected chi connectivity index (χ2v) is 4.34. The summed E-state index contributed by atoms with van der Waals surface area (Å²) in [6.07, 6.45) is 0.925. The molecule has 2 aromatic rings. The minimum Gasteiger partial charge on any atom is -0.368 e. The van der Waals surface area contributed by atoms with Crippen LogP contribution in [0, 0.1) is 6.92 Å². The monoisotopic (exact) mass is 230 g/mol. The number of rotatable bonds is 4. The normalized spacial score (nSPS) is 12.6. The second kappa shape index (κ2) is 5.10. The molecule has 0 aliphatic carbocycles. The first-order chi connectivity index (χ1) is 8.16. The maximum absolute atomic E-state index is 5.71. The number of anilines is 1. The fraction of sp³-hybridized carbons (Fsp3) is 0.385. The van der Waals surface area contributed by atoms with Crippen molar-refractivity contribution in [3.8, 4) is 0 Å². The Balaban J connectivity index is 2.19. The van der Waals surface area contributed by atoms with Crippen molar-refractivity contribution >= 4 is 16.9 Å². The van der Waals surface area contributed by atoms with Gasteiger partial charge in [-0.25, -0.2) is 9.97 Å². The van der Waals surface area contributed by atoms with Crippen LogP contribution in [-0.2, 0) is 0 Å². The van der Waals surface area contributed by atoms with E-state index in [0.29, 0.717) is 0 Å². The molecule has 1 unspecified atom stereocenters. The van der Waals surface area contributed by atoms with E-state index >= 15 is 0 Å². The zero-order valence-corrected chi connectivity index (χ0v) is 10.3. The summed E-state index contributed by atoms with van der Waals surface area (Å²) in [7, 11) is 0. The highest BCUT2D eigenvalue weighted by Gasteiger charge is 2.04. The van der Waals surface area contributed by atoms with Gasteiger partial charge in [0.25, 0.3) is 0 Å². The van der Waals surface area contributed by atoms with Gasteiger partial charge in [-0.2, -0.15) is 0 Å². The van der Waals surface area contributed by atoms with E-state index in [-0.39, 0.29) is 6.04 Å². The van der Waals surface area contributed by atoms with Crippen molar-refractivity contribution in [2.45, 2.75) is 26.3 Å². The average molecular weight is 230 g/mol. The third-order valence-corrected chi connectivity index (χ3v) is 2.64. The van der Waals surface area contributed by atoms with Gasteiger partial charge >= 0.3 is 0 Å². The van der Waals surface area contributed by atoms with Crippen molar-refractivity contribution in [3.05, 3.63) is 30.0 Å². The summed E-state index contributed by atoms with van der Waals surface area (Å²) in [4.78, 5) is 9.07. The van der Waals surface area contributed by atoms with E-state index in [4.69, 9.17) is 5.73 Å². The smallest absolute Gasteiger partial charge is 0.148 e. The number of aryl methyl sites for hydroxylation is 1. The molecular formula is C13H18N4. The van der Waals surface area contributed by atoms with Crippen LogP contribution in [0.4, 0.5) is 5.82 Å². The molecule has 1 atom stereocenters. The van der Waals surface area contributed by atoms with Gasteiger partial charge in [-0.1, -0.05) is 12.1 Å². The van der Waals surface area contributed by atoms with Crippen LogP contribution < -0.4 is 11.1 Å². The van der Waals surface area contributed by atoms with Crippen LogP contribution in [0.25, 0.3) is 11.0 Å². The molecule has 3 N–H and O–H groups in total. The van der Waals surface area contributed by atoms with E-state index in [9.17, 15) is 0 Å². The Kier molecular flexibility index (Phi) is 3.54. The average Bonchev–Trinajstić information content (AvgIpc) is 2.29. The number of aromatic nitrogens is 2. The van der Waals surface area contributed by atoms with Crippen LogP contribution in [0.15, 0.2) is 24.3 Å². The van der Waals surface area contributed by atoms with E-state index < -0.39 is 0 Å². The molecule has 1 aromatic heterocycles. The summed E-state index contributed by atoms with van der Waals surface area (Å²) in [6.45, 7) is 4.79. The van der Waals surface area contributed by atoms with Crippen LogP contribution in [0.2, 0.25) is 0 Å². The van der Waals surface area contributed by atoms with Gasteiger partial charge in [-0.3, -0.25) is 0 Å². The number of benzene rings is 1. The van der Waals surface area contributed by atoms with Crippen LogP contribution >= 0.6 is 0 Å². The first kappa shape index (κ1) is 11.8. The zero-order valence-electron chi connectivity index (χ0n) is 10.3. The molecule has 0 spiro atoms. The van der Waals surface area contributed by atoms with E-state index in [1.165, 1.54) is 0 Å². The van der Waals surface area contributed by atoms with Gasteiger partial charge in [0, 0.05) is 12.6 Å². The molecule has 1 aromatic carbocycles. The van der Waals surface area contributed by atoms with Crippen molar-refractivity contribution in [2.24, 2.45) is 5.73 Å². The number of nitrogens with two attached hydrogens (primary N) is 1. The zero-order chi connectivity index (χ0) is 12.3. The summed E-state index contributed by atoms with van der Waals surface area (Å²) in [5, 5.41) is 3.28. The molecule has 4 nitrogen and oxygen atoms in total. The molecule has 4 heteroatoms. The lowest BCUT2D eigenvalue weighted by molar-refractivity contribution is 0.689. The lowest BCUT2D eigenvalue weighted by Gasteiger charge is -2.10. The third kappa shape index (κ3) is 2.91. The number of nitrogens with zero attached hydrogens (tertiary/aromatic N) is 2. The van der Waals surface area contributed by atoms with Crippen LogP contribution in [0.3, 0.4) is 0 Å². The van der Waals surface area contributed by atoms with Crippen molar-refractivity contribution in [2.75, 3.05) is 11.9 Å². The van der Waals surface area contributed by atoms with Gasteiger partial charge in [0.15, 0.2) is 0 Å². The quantitative estimate of drug-likeness (QED) is 0.844. The fourth-order valence-electron chi connectivity index (χ4n) is 1.67. The van der Waals surface area contributed by atoms with Crippen molar-refractivity contribution in [1.29, 1.82) is 0 Å². The molecule has 0 saturated carbocycles. The number of hydrogen-bond donors (Lipinski definition) is 2. The van der Waals surface area contributed by atoms with Gasteiger partial charge in [0.05, 0.1) is 16.7 Å². The first-order valence-corrected chi connectivity index (χ1v) is 5.89. The summed E-state index contributed by atoms with van der Waals surface area (Å²) in [5.41, 5.74) is 8.48. The van der Waals surface area contributed by atoms with E-state index in [0.717, 1.165) is 35.5 Å². The molecule has 0 aliphatic heterocycles. The highest BCUT2D eigenvalue weighted by molar-refractivity contribution is 5.76. The lowest BCUT2D eigenvalue weighted by Crippen LogP contribution is -2.19. The summed E-state index contributed by atoms with van der Waals surface area (Å²) in [5.74, 6) is 0.851. The summed E-state index contributed by atoms with van der Waals surface area (Å²) in [6, 6.07) is 8.09. The summed E-state index contributed by atoms with van der Waals surface area (Å²) < 4.78 is 0. The van der Waals surface area contributed by atoms with Crippen molar-refractivity contribution < 1.29 is 0 Å². The minimum absolute atomic E-state index is 0.205. The predicted octanol–water partition coefficient (Wildman–Crippen LogP) is 2.09. The maximum Gasteiger partial charge on any atom is 0.148 e. The van der Waals surface area contributed by atoms with Gasteiger partial charge in [0.1, 0.15) is 5.82 Å². The Bertz CT molecular complexity index is 508. The van der Waals surface area contributed by atoms with Crippen molar-refractivity contribution in [1.82, 2.24) is 9.97 Å². The molecule has 0 bridgehead atoms. The third-order valence-electron chi connectivity index (χ3n) is 2.64. The molecule has 1 heterocycles. The number of para-hydroxylation sites is 2. The lowest BCUT2D eigenvalue weighted by atomic mass is 10.2. The SMILES string of the molecule is Cc1nc2ccccc2nc1NCCC(C)N. The number of hydrogen-bond acceptors (Lipinski definition) is 4. The Hall–Kier alpha value is -1.68. The van der Waals surface area contributed by atoms with E-state index in [2.05, 4.69) is 15.3 Å². The molecule has 0 aliphatic rings. The Labute approximate surface area is 101 Å². The Morgan fingerprint density at radius 2 is 1.88 bits per heavy atom. The Morgan fingerprint density at radius 3 is 2.53 bits per heavy atom. The first-order valence-electron chi connectivity index (χ1n) is 5.89. The van der Waals surface area contributed by atoms with Gasteiger partial charge in [0.2, 0.25) is 0 Å². The molecule has 0 amide bonds. The second-order valence-electron chi connectivity index (χ2n) is 4.34. The number of nitrogens with one attached hydrogen (secondary N) is 1. The van der Waals surface area contributed by atoms with E-state index in [1.807, 2.05) is 38.1 Å². The molecule has 2 rings (SSSR count). The molecule has 0 saturated heterocycles. The predicted molar refractivity (Wildman–Crippen MR) is 71.0 cm³/mol. The molecule has 0 radical (unpaired) electrons.